The predicted molar refractivity (Wildman–Crippen MR) is 90.7 cm³/mol. The first kappa shape index (κ1) is 17.0. The molecule has 0 spiro atoms. The monoisotopic (exact) mass is 342 g/mol. The summed E-state index contributed by atoms with van der Waals surface area (Å²) in [5.74, 6) is 0.153. The number of anilines is 1. The summed E-state index contributed by atoms with van der Waals surface area (Å²) in [4.78, 5) is 14.7. The zero-order chi connectivity index (χ0) is 18.0. The molecule has 0 unspecified atom stereocenters. The maximum absolute atomic E-state index is 13.7. The van der Waals surface area contributed by atoms with E-state index in [4.69, 9.17) is 8.94 Å². The van der Waals surface area contributed by atoms with Gasteiger partial charge in [0.05, 0.1) is 24.4 Å². The fraction of sp³-hybridized carbons (Fsp3) is 0.263. The lowest BCUT2D eigenvalue weighted by Gasteiger charge is -2.25. The highest BCUT2D eigenvalue weighted by Gasteiger charge is 2.28. The number of furan rings is 1. The van der Waals surface area contributed by atoms with Crippen LogP contribution in [0.4, 0.5) is 10.1 Å². The van der Waals surface area contributed by atoms with Gasteiger partial charge >= 0.3 is 0 Å². The van der Waals surface area contributed by atoms with Crippen molar-refractivity contribution in [2.45, 2.75) is 33.2 Å². The Morgan fingerprint density at radius 3 is 2.68 bits per heavy atom. The molecule has 2 aromatic heterocycles. The van der Waals surface area contributed by atoms with Crippen molar-refractivity contribution in [3.8, 4) is 0 Å². The van der Waals surface area contributed by atoms with Crippen molar-refractivity contribution in [3.63, 3.8) is 0 Å². The molecule has 0 N–H and O–H groups in total. The first-order chi connectivity index (χ1) is 12.0. The van der Waals surface area contributed by atoms with Crippen molar-refractivity contribution in [2.24, 2.45) is 0 Å². The molecule has 130 valence electrons. The highest BCUT2D eigenvalue weighted by atomic mass is 19.1. The molecule has 0 fully saturated rings. The molecular weight excluding hydrogens is 323 g/mol. The highest BCUT2D eigenvalue weighted by molar-refractivity contribution is 5.98. The lowest BCUT2D eigenvalue weighted by Crippen LogP contribution is -2.34. The van der Waals surface area contributed by atoms with Crippen LogP contribution in [0.3, 0.4) is 0 Å². The van der Waals surface area contributed by atoms with Gasteiger partial charge in [-0.05, 0) is 51.1 Å². The van der Waals surface area contributed by atoms with E-state index in [0.29, 0.717) is 22.9 Å². The lowest BCUT2D eigenvalue weighted by molar-refractivity contribution is -0.119. The fourth-order valence-electron chi connectivity index (χ4n) is 2.96. The second-order valence-electron chi connectivity index (χ2n) is 5.94. The van der Waals surface area contributed by atoms with Gasteiger partial charge in [-0.25, -0.2) is 4.39 Å². The smallest absolute Gasteiger partial charge is 0.234 e. The molecule has 1 atom stereocenters. The molecule has 0 aliphatic rings. The van der Waals surface area contributed by atoms with E-state index in [1.807, 2.05) is 0 Å². The molecule has 3 aromatic rings. The summed E-state index contributed by atoms with van der Waals surface area (Å²) in [6.07, 6.45) is 1.54. The van der Waals surface area contributed by atoms with Gasteiger partial charge in [-0.2, -0.15) is 0 Å². The Labute approximate surface area is 145 Å². The van der Waals surface area contributed by atoms with Crippen LogP contribution < -0.4 is 4.90 Å². The molecule has 0 radical (unpaired) electrons. The summed E-state index contributed by atoms with van der Waals surface area (Å²) in [5, 5.41) is 3.92. The summed E-state index contributed by atoms with van der Waals surface area (Å²) in [6, 6.07) is 9.48. The van der Waals surface area contributed by atoms with Crippen molar-refractivity contribution in [1.82, 2.24) is 5.16 Å². The Morgan fingerprint density at radius 1 is 1.28 bits per heavy atom. The number of hydrogen-bond acceptors (Lipinski definition) is 4. The van der Waals surface area contributed by atoms with Crippen LogP contribution in [0.5, 0.6) is 0 Å². The van der Waals surface area contributed by atoms with Crippen LogP contribution in [0.25, 0.3) is 0 Å². The zero-order valence-electron chi connectivity index (χ0n) is 14.3. The molecule has 2 heterocycles. The van der Waals surface area contributed by atoms with E-state index in [1.54, 1.807) is 51.3 Å². The number of hydrogen-bond donors (Lipinski definition) is 0. The largest absolute Gasteiger partial charge is 0.467 e. The zero-order valence-corrected chi connectivity index (χ0v) is 14.3. The summed E-state index contributed by atoms with van der Waals surface area (Å²) in [6.45, 7) is 5.58. The van der Waals surface area contributed by atoms with Crippen molar-refractivity contribution in [1.29, 1.82) is 0 Å². The summed E-state index contributed by atoms with van der Waals surface area (Å²) >= 11 is 0. The molecule has 0 aliphatic carbocycles. The quantitative estimate of drug-likeness (QED) is 0.691. The number of carbonyl (C=O) groups excluding carboxylic acids is 1. The number of nitrogens with zero attached hydrogens (tertiary/aromatic N) is 2. The molecule has 6 heteroatoms. The lowest BCUT2D eigenvalue weighted by atomic mass is 9.97. The summed E-state index contributed by atoms with van der Waals surface area (Å²) in [7, 11) is 0. The first-order valence-electron chi connectivity index (χ1n) is 7.99. The van der Waals surface area contributed by atoms with Crippen molar-refractivity contribution in [2.75, 3.05) is 4.90 Å². The van der Waals surface area contributed by atoms with Crippen LogP contribution in [0.1, 0.15) is 35.6 Å². The first-order valence-corrected chi connectivity index (χ1v) is 7.99. The minimum absolute atomic E-state index is 0.184. The number of rotatable bonds is 5. The Bertz CT molecular complexity index is 851. The molecule has 1 aromatic carbocycles. The topological polar surface area (TPSA) is 59.5 Å². The summed E-state index contributed by atoms with van der Waals surface area (Å²) < 4.78 is 24.2. The molecule has 0 saturated carbocycles. The Kier molecular flexibility index (Phi) is 4.70. The molecule has 3 rings (SSSR count). The predicted octanol–water partition coefficient (Wildman–Crippen LogP) is 4.36. The second kappa shape index (κ2) is 6.93. The third-order valence-corrected chi connectivity index (χ3v) is 4.17. The third kappa shape index (κ3) is 3.47. The Hall–Kier alpha value is -2.89. The van der Waals surface area contributed by atoms with Gasteiger partial charge in [0.2, 0.25) is 5.91 Å². The SMILES string of the molecule is Cc1noc(C)c1[C@H](C)C(=O)N(Cc1ccco1)c1cccc(F)c1. The van der Waals surface area contributed by atoms with Gasteiger partial charge in [-0.3, -0.25) is 4.79 Å². The van der Waals surface area contributed by atoms with E-state index in [0.717, 1.165) is 5.56 Å². The Morgan fingerprint density at radius 2 is 2.08 bits per heavy atom. The van der Waals surface area contributed by atoms with Gasteiger partial charge < -0.3 is 13.8 Å². The second-order valence-corrected chi connectivity index (χ2v) is 5.94. The van der Waals surface area contributed by atoms with E-state index in [9.17, 15) is 9.18 Å². The van der Waals surface area contributed by atoms with Gasteiger partial charge in [0.25, 0.3) is 0 Å². The normalized spacial score (nSPS) is 12.2. The average molecular weight is 342 g/mol. The van der Waals surface area contributed by atoms with Crippen LogP contribution in [0, 0.1) is 19.7 Å². The van der Waals surface area contributed by atoms with Crippen molar-refractivity contribution < 1.29 is 18.1 Å². The number of halogens is 1. The minimum Gasteiger partial charge on any atom is -0.467 e. The average Bonchev–Trinajstić information content (AvgIpc) is 3.21. The van der Waals surface area contributed by atoms with E-state index in [-0.39, 0.29) is 12.5 Å². The van der Waals surface area contributed by atoms with Crippen molar-refractivity contribution >= 4 is 11.6 Å². The molecule has 0 aliphatic heterocycles. The van der Waals surface area contributed by atoms with E-state index < -0.39 is 11.7 Å². The van der Waals surface area contributed by atoms with Gasteiger partial charge in [-0.15, -0.1) is 0 Å². The number of amides is 1. The highest BCUT2D eigenvalue weighted by Crippen LogP contribution is 2.28. The Balaban J connectivity index is 1.97. The minimum atomic E-state index is -0.482. The van der Waals surface area contributed by atoms with Gasteiger partial charge in [0.15, 0.2) is 0 Å². The van der Waals surface area contributed by atoms with E-state index in [2.05, 4.69) is 5.16 Å². The van der Waals surface area contributed by atoms with Crippen LogP contribution in [0.15, 0.2) is 51.6 Å². The van der Waals surface area contributed by atoms with E-state index in [1.165, 1.54) is 17.0 Å². The van der Waals surface area contributed by atoms with Gasteiger partial charge in [0, 0.05) is 11.3 Å². The molecule has 1 amide bonds. The molecule has 0 saturated heterocycles. The van der Waals surface area contributed by atoms with Crippen LogP contribution in [-0.2, 0) is 11.3 Å². The van der Waals surface area contributed by atoms with Crippen LogP contribution in [-0.4, -0.2) is 11.1 Å². The van der Waals surface area contributed by atoms with Gasteiger partial charge in [0.1, 0.15) is 17.3 Å². The standard InChI is InChI=1S/C19H19FN2O3/c1-12(18-13(2)21-25-14(18)3)19(23)22(11-17-8-5-9-24-17)16-7-4-6-15(20)10-16/h4-10,12H,11H2,1-3H3/t12-/m0/s1. The van der Waals surface area contributed by atoms with Crippen molar-refractivity contribution in [3.05, 3.63) is 71.3 Å². The fourth-order valence-corrected chi connectivity index (χ4v) is 2.96. The van der Waals surface area contributed by atoms with Crippen LogP contribution >= 0.6 is 0 Å². The van der Waals surface area contributed by atoms with Crippen LogP contribution in [0.2, 0.25) is 0 Å². The van der Waals surface area contributed by atoms with Gasteiger partial charge in [-0.1, -0.05) is 11.2 Å². The third-order valence-electron chi connectivity index (χ3n) is 4.17. The maximum atomic E-state index is 13.7. The number of benzene rings is 1. The number of carbonyl (C=O) groups is 1. The molecular formula is C19H19FN2O3. The maximum Gasteiger partial charge on any atom is 0.234 e. The van der Waals surface area contributed by atoms with E-state index >= 15 is 0 Å². The molecule has 5 nitrogen and oxygen atoms in total. The number of aryl methyl sites for hydroxylation is 2. The molecule has 25 heavy (non-hydrogen) atoms. The summed E-state index contributed by atoms with van der Waals surface area (Å²) in [5.41, 5.74) is 1.90. The molecule has 0 bridgehead atoms. The number of aromatic nitrogens is 1.